The third-order valence-corrected chi connectivity index (χ3v) is 12.7. The third-order valence-electron chi connectivity index (χ3n) is 12.7. The number of amides is 4. The van der Waals surface area contributed by atoms with Crippen molar-refractivity contribution in [3.63, 3.8) is 0 Å². The first-order valence-corrected chi connectivity index (χ1v) is 21.1. The number of carbonyl (C=O) groups excluding carboxylic acids is 4. The lowest BCUT2D eigenvalue weighted by Gasteiger charge is -2.46. The van der Waals surface area contributed by atoms with Crippen LogP contribution in [0.15, 0.2) is 115 Å². The van der Waals surface area contributed by atoms with Crippen LogP contribution in [0.2, 0.25) is 0 Å². The fourth-order valence-corrected chi connectivity index (χ4v) is 10.2. The Balaban J connectivity index is 1.32. The van der Waals surface area contributed by atoms with E-state index in [1.165, 1.54) is 0 Å². The van der Waals surface area contributed by atoms with Gasteiger partial charge in [-0.2, -0.15) is 0 Å². The molecule has 0 unspecified atom stereocenters. The average molecular weight is 862 g/mol. The number of hydrogen-bond acceptors (Lipinski definition) is 10. The molecule has 6 atom stereocenters. The van der Waals surface area contributed by atoms with Crippen LogP contribution >= 0.6 is 0 Å². The number of esters is 1. The van der Waals surface area contributed by atoms with Gasteiger partial charge in [-0.3, -0.25) is 19.3 Å². The Hall–Kier alpha value is -7.34. The molecule has 2 saturated heterocycles. The Morgan fingerprint density at radius 3 is 2.27 bits per heavy atom. The van der Waals surface area contributed by atoms with E-state index in [0.29, 0.717) is 46.0 Å². The fourth-order valence-electron chi connectivity index (χ4n) is 10.2. The summed E-state index contributed by atoms with van der Waals surface area (Å²) in [5.41, 5.74) is 8.79. The molecule has 0 radical (unpaired) electrons. The van der Waals surface area contributed by atoms with Gasteiger partial charge >= 0.3 is 12.0 Å². The summed E-state index contributed by atoms with van der Waals surface area (Å²) < 4.78 is 24.1. The summed E-state index contributed by atoms with van der Waals surface area (Å²) in [7, 11) is 3.13. The number of nitrogens with two attached hydrogens (primary N) is 1. The summed E-state index contributed by atoms with van der Waals surface area (Å²) in [6, 6.07) is 31.6. The number of nitrogens with zero attached hydrogens (tertiary/aromatic N) is 2. The van der Waals surface area contributed by atoms with Crippen molar-refractivity contribution in [3.05, 3.63) is 154 Å². The number of aliphatic hydroxyl groups excluding tert-OH is 1. The van der Waals surface area contributed by atoms with Crippen LogP contribution < -0.4 is 30.6 Å². The van der Waals surface area contributed by atoms with Gasteiger partial charge in [0.15, 0.2) is 11.5 Å². The third kappa shape index (κ3) is 7.12. The van der Waals surface area contributed by atoms with Gasteiger partial charge in [0, 0.05) is 29.9 Å². The maximum absolute atomic E-state index is 16.1. The molecule has 4 aliphatic heterocycles. The van der Waals surface area contributed by atoms with Gasteiger partial charge < -0.3 is 45.3 Å². The number of methoxy groups -OCH3 is 2. The summed E-state index contributed by atoms with van der Waals surface area (Å²) in [5.74, 6) is 4.54. The molecule has 64 heavy (non-hydrogen) atoms. The predicted octanol–water partition coefficient (Wildman–Crippen LogP) is 4.95. The summed E-state index contributed by atoms with van der Waals surface area (Å²) in [4.78, 5) is 62.4. The molecule has 4 heterocycles. The van der Waals surface area contributed by atoms with Crippen LogP contribution in [0.25, 0.3) is 0 Å². The summed E-state index contributed by atoms with van der Waals surface area (Å²) in [6.07, 6.45) is -0.388. The number of ether oxygens (including phenoxy) is 4. The van der Waals surface area contributed by atoms with E-state index in [4.69, 9.17) is 24.7 Å². The minimum Gasteiger partial charge on any atom is -0.493 e. The number of primary amides is 1. The standard InChI is InChI=1S/C50H47N5O9/c1-61-39-27-33-21-23-54(29-34(33)28-40(39)62-2)46(57)41-43-47(58)64-44(32-15-7-4-8-16-32)42(31-13-5-3-6-14-31)55(43)45(35-17-9-10-18-38(35)63-25-24-56)50(41)36-26-30(12-11-22-52-49(51)60)19-20-37(36)53-48(50)59/h3-10,13-20,26-28,41-45,56H,21-25,29H2,1-2H3,(H,53,59)(H3,51,52,60)/t41-,42-,43-,44+,45+,50-/m0/s1. The highest BCUT2D eigenvalue weighted by atomic mass is 16.6. The van der Waals surface area contributed by atoms with E-state index >= 15 is 14.4 Å². The van der Waals surface area contributed by atoms with Gasteiger partial charge in [0.2, 0.25) is 11.8 Å². The molecule has 9 rings (SSSR count). The normalized spacial score (nSPS) is 23.1. The highest BCUT2D eigenvalue weighted by Gasteiger charge is 2.74. The lowest BCUT2D eigenvalue weighted by atomic mass is 9.64. The Morgan fingerprint density at radius 2 is 1.56 bits per heavy atom. The number of morpholine rings is 1. The molecule has 1 spiro atoms. The quantitative estimate of drug-likeness (QED) is 0.111. The van der Waals surface area contributed by atoms with Gasteiger partial charge in [-0.1, -0.05) is 90.7 Å². The van der Waals surface area contributed by atoms with Crippen molar-refractivity contribution in [3.8, 4) is 29.1 Å². The number of urea groups is 1. The van der Waals surface area contributed by atoms with Gasteiger partial charge in [-0.15, -0.1) is 0 Å². The summed E-state index contributed by atoms with van der Waals surface area (Å²) in [5, 5.41) is 15.6. The van der Waals surface area contributed by atoms with Crippen LogP contribution in [0, 0.1) is 17.8 Å². The molecule has 326 valence electrons. The Bertz CT molecular complexity index is 2680. The molecule has 5 aromatic carbocycles. The molecule has 0 aromatic heterocycles. The van der Waals surface area contributed by atoms with Crippen LogP contribution in [-0.4, -0.2) is 85.3 Å². The van der Waals surface area contributed by atoms with Crippen LogP contribution in [0.4, 0.5) is 10.5 Å². The molecule has 2 fully saturated rings. The van der Waals surface area contributed by atoms with Crippen molar-refractivity contribution >= 4 is 29.5 Å². The molecule has 0 bridgehead atoms. The number of fused-ring (bicyclic) bond motifs is 4. The van der Waals surface area contributed by atoms with Crippen LogP contribution in [-0.2, 0) is 37.5 Å². The summed E-state index contributed by atoms with van der Waals surface area (Å²) in [6.45, 7) is 0.101. The summed E-state index contributed by atoms with van der Waals surface area (Å²) >= 11 is 0. The molecule has 0 aliphatic carbocycles. The Labute approximate surface area is 370 Å². The Kier molecular flexibility index (Phi) is 11.4. The zero-order valence-electron chi connectivity index (χ0n) is 35.3. The first kappa shape index (κ1) is 42.0. The van der Waals surface area contributed by atoms with Crippen molar-refractivity contribution in [1.29, 1.82) is 0 Å². The second-order valence-corrected chi connectivity index (χ2v) is 16.1. The van der Waals surface area contributed by atoms with E-state index in [-0.39, 0.29) is 32.8 Å². The van der Waals surface area contributed by atoms with E-state index in [1.807, 2.05) is 89.8 Å². The van der Waals surface area contributed by atoms with Crippen molar-refractivity contribution in [2.45, 2.75) is 42.6 Å². The molecular formula is C50H47N5O9. The van der Waals surface area contributed by atoms with Gasteiger partial charge in [0.1, 0.15) is 29.9 Å². The topological polar surface area (TPSA) is 182 Å². The Morgan fingerprint density at radius 1 is 0.875 bits per heavy atom. The van der Waals surface area contributed by atoms with Crippen LogP contribution in [0.1, 0.15) is 57.1 Å². The maximum atomic E-state index is 16.1. The van der Waals surface area contributed by atoms with E-state index in [0.717, 1.165) is 22.3 Å². The first-order chi connectivity index (χ1) is 31.2. The molecule has 5 aromatic rings. The molecule has 14 nitrogen and oxygen atoms in total. The second kappa shape index (κ2) is 17.4. The predicted molar refractivity (Wildman–Crippen MR) is 235 cm³/mol. The van der Waals surface area contributed by atoms with E-state index < -0.39 is 59.4 Å². The van der Waals surface area contributed by atoms with Gasteiger partial charge in [0.25, 0.3) is 0 Å². The van der Waals surface area contributed by atoms with Crippen LogP contribution in [0.5, 0.6) is 17.2 Å². The van der Waals surface area contributed by atoms with Crippen molar-refractivity contribution in [2.24, 2.45) is 11.7 Å². The molecular weight excluding hydrogens is 815 g/mol. The van der Waals surface area contributed by atoms with E-state index in [9.17, 15) is 9.90 Å². The van der Waals surface area contributed by atoms with Gasteiger partial charge in [-0.25, -0.2) is 4.79 Å². The highest BCUT2D eigenvalue weighted by molar-refractivity contribution is 6.12. The number of benzene rings is 5. The average Bonchev–Trinajstić information content (AvgIpc) is 3.80. The fraction of sp³-hybridized carbons (Fsp3) is 0.280. The van der Waals surface area contributed by atoms with Crippen molar-refractivity contribution in [1.82, 2.24) is 15.1 Å². The number of para-hydroxylation sites is 1. The maximum Gasteiger partial charge on any atom is 0.324 e. The lowest BCUT2D eigenvalue weighted by Crippen LogP contribution is -2.56. The SMILES string of the molecule is COc1cc2c(cc1OC)CN(C(=O)[C@@H]1[C@H]3C(=O)O[C@H](c4ccccc4)[C@H](c4ccccc4)N3[C@H](c3ccccc3OCCO)[C@@]13C(=O)Nc1ccc(C#CCNC(N)=O)cc13)CC2. The molecule has 14 heteroatoms. The number of cyclic esters (lactones) is 1. The number of aliphatic hydroxyl groups is 1. The lowest BCUT2D eigenvalue weighted by molar-refractivity contribution is -0.179. The zero-order chi connectivity index (χ0) is 44.5. The van der Waals surface area contributed by atoms with Gasteiger partial charge in [0.05, 0.1) is 45.4 Å². The zero-order valence-corrected chi connectivity index (χ0v) is 35.3. The smallest absolute Gasteiger partial charge is 0.324 e. The number of carbonyl (C=O) groups is 4. The van der Waals surface area contributed by atoms with E-state index in [1.54, 1.807) is 49.5 Å². The molecule has 4 amide bonds. The van der Waals surface area contributed by atoms with E-state index in [2.05, 4.69) is 22.5 Å². The largest absolute Gasteiger partial charge is 0.493 e. The van der Waals surface area contributed by atoms with Crippen molar-refractivity contribution < 1.29 is 43.2 Å². The second-order valence-electron chi connectivity index (χ2n) is 16.1. The molecule has 4 aliphatic rings. The number of hydrogen-bond donors (Lipinski definition) is 4. The minimum absolute atomic E-state index is 0.0253. The van der Waals surface area contributed by atoms with Crippen molar-refractivity contribution in [2.75, 3.05) is 45.8 Å². The minimum atomic E-state index is -1.81. The number of nitrogens with one attached hydrogen (secondary N) is 2. The monoisotopic (exact) mass is 861 g/mol. The molecule has 0 saturated carbocycles. The number of rotatable bonds is 10. The first-order valence-electron chi connectivity index (χ1n) is 21.1. The van der Waals surface area contributed by atoms with Gasteiger partial charge in [-0.05, 0) is 70.6 Å². The molecule has 5 N–H and O–H groups in total. The number of anilines is 1. The highest BCUT2D eigenvalue weighted by Crippen LogP contribution is 2.66. The van der Waals surface area contributed by atoms with Crippen LogP contribution in [0.3, 0.4) is 0 Å².